The molecule has 1 N–H and O–H groups in total. The summed E-state index contributed by atoms with van der Waals surface area (Å²) in [6.07, 6.45) is 10.9. The van der Waals surface area contributed by atoms with E-state index in [1.54, 1.807) is 0 Å². The molecule has 1 aliphatic heterocycles. The number of imidazole rings is 1. The van der Waals surface area contributed by atoms with Crippen molar-refractivity contribution in [3.05, 3.63) is 18.2 Å². The van der Waals surface area contributed by atoms with Crippen LogP contribution in [0, 0.1) is 11.8 Å². The zero-order valence-electron chi connectivity index (χ0n) is 10.7. The first-order valence-corrected chi connectivity index (χ1v) is 7.08. The lowest BCUT2D eigenvalue weighted by Gasteiger charge is -2.20. The lowest BCUT2D eigenvalue weighted by atomic mass is 9.98. The van der Waals surface area contributed by atoms with Crippen molar-refractivity contribution in [1.82, 2.24) is 14.9 Å². The Morgan fingerprint density at radius 2 is 2.29 bits per heavy atom. The van der Waals surface area contributed by atoms with E-state index >= 15 is 0 Å². The molecule has 1 saturated carbocycles. The van der Waals surface area contributed by atoms with Crippen molar-refractivity contribution in [2.24, 2.45) is 11.8 Å². The van der Waals surface area contributed by atoms with Crippen LogP contribution in [0.2, 0.25) is 0 Å². The van der Waals surface area contributed by atoms with Gasteiger partial charge in [-0.15, -0.1) is 0 Å². The van der Waals surface area contributed by atoms with E-state index in [-0.39, 0.29) is 0 Å². The molecule has 0 aromatic carbocycles. The largest absolute Gasteiger partial charge is 0.333 e. The second-order valence-electron chi connectivity index (χ2n) is 5.79. The van der Waals surface area contributed by atoms with Gasteiger partial charge < -0.3 is 9.88 Å². The summed E-state index contributed by atoms with van der Waals surface area (Å²) in [5, 5.41) is 3.57. The van der Waals surface area contributed by atoms with Gasteiger partial charge in [0.15, 0.2) is 0 Å². The molecular formula is C14H23N3. The predicted molar refractivity (Wildman–Crippen MR) is 68.7 cm³/mol. The predicted octanol–water partition coefficient (Wildman–Crippen LogP) is 2.74. The van der Waals surface area contributed by atoms with Crippen molar-refractivity contribution in [2.75, 3.05) is 6.54 Å². The molecule has 3 atom stereocenters. The van der Waals surface area contributed by atoms with Crippen molar-refractivity contribution in [3.63, 3.8) is 0 Å². The Balaban J connectivity index is 1.72. The van der Waals surface area contributed by atoms with Crippen LogP contribution in [-0.2, 0) is 6.54 Å². The molecular weight excluding hydrogens is 210 g/mol. The van der Waals surface area contributed by atoms with Gasteiger partial charge >= 0.3 is 0 Å². The summed E-state index contributed by atoms with van der Waals surface area (Å²) in [5.41, 5.74) is 1.40. The highest BCUT2D eigenvalue weighted by Crippen LogP contribution is 2.33. The number of hydrogen-bond donors (Lipinski definition) is 1. The SMILES string of the molecule is CC1CCCC1Cn1cncc1[C@@H]1CCCN1. The summed E-state index contributed by atoms with van der Waals surface area (Å²) in [7, 11) is 0. The third-order valence-electron chi connectivity index (χ3n) is 4.63. The Morgan fingerprint density at radius 3 is 3.00 bits per heavy atom. The molecule has 2 fully saturated rings. The maximum Gasteiger partial charge on any atom is 0.0948 e. The Hall–Kier alpha value is -0.830. The van der Waals surface area contributed by atoms with Crippen molar-refractivity contribution in [3.8, 4) is 0 Å². The van der Waals surface area contributed by atoms with Gasteiger partial charge in [-0.3, -0.25) is 0 Å². The maximum atomic E-state index is 4.36. The zero-order valence-corrected chi connectivity index (χ0v) is 10.7. The average Bonchev–Trinajstić information content (AvgIpc) is 3.02. The summed E-state index contributed by atoms with van der Waals surface area (Å²) in [4.78, 5) is 4.36. The highest BCUT2D eigenvalue weighted by molar-refractivity contribution is 5.07. The first kappa shape index (κ1) is 11.3. The number of nitrogens with one attached hydrogen (secondary N) is 1. The third-order valence-corrected chi connectivity index (χ3v) is 4.63. The van der Waals surface area contributed by atoms with E-state index in [4.69, 9.17) is 0 Å². The number of rotatable bonds is 3. The lowest BCUT2D eigenvalue weighted by Crippen LogP contribution is -2.20. The first-order valence-electron chi connectivity index (χ1n) is 7.08. The topological polar surface area (TPSA) is 29.9 Å². The molecule has 2 aliphatic rings. The fourth-order valence-corrected chi connectivity index (χ4v) is 3.46. The monoisotopic (exact) mass is 233 g/mol. The fourth-order valence-electron chi connectivity index (χ4n) is 3.46. The molecule has 0 amide bonds. The van der Waals surface area contributed by atoms with E-state index < -0.39 is 0 Å². The van der Waals surface area contributed by atoms with E-state index in [2.05, 4.69) is 28.0 Å². The summed E-state index contributed by atoms with van der Waals surface area (Å²) < 4.78 is 2.40. The van der Waals surface area contributed by atoms with Crippen LogP contribution in [0.15, 0.2) is 12.5 Å². The van der Waals surface area contributed by atoms with Crippen LogP contribution < -0.4 is 5.32 Å². The van der Waals surface area contributed by atoms with Crippen LogP contribution in [0.4, 0.5) is 0 Å². The van der Waals surface area contributed by atoms with Crippen LogP contribution in [0.3, 0.4) is 0 Å². The highest BCUT2D eigenvalue weighted by atomic mass is 15.1. The normalized spacial score (nSPS) is 33.4. The minimum Gasteiger partial charge on any atom is -0.333 e. The van der Waals surface area contributed by atoms with E-state index in [9.17, 15) is 0 Å². The average molecular weight is 233 g/mol. The Kier molecular flexibility index (Phi) is 3.19. The quantitative estimate of drug-likeness (QED) is 0.870. The molecule has 2 heterocycles. The number of aromatic nitrogens is 2. The van der Waals surface area contributed by atoms with Crippen LogP contribution >= 0.6 is 0 Å². The molecule has 1 aliphatic carbocycles. The van der Waals surface area contributed by atoms with Crippen LogP contribution in [-0.4, -0.2) is 16.1 Å². The number of hydrogen-bond acceptors (Lipinski definition) is 2. The summed E-state index contributed by atoms with van der Waals surface area (Å²) in [5.74, 6) is 1.76. The molecule has 3 heteroatoms. The zero-order chi connectivity index (χ0) is 11.7. The van der Waals surface area contributed by atoms with Gasteiger partial charge in [0.2, 0.25) is 0 Å². The van der Waals surface area contributed by atoms with E-state index in [1.165, 1.54) is 44.3 Å². The summed E-state index contributed by atoms with van der Waals surface area (Å²) in [6.45, 7) is 4.74. The minimum atomic E-state index is 0.550. The van der Waals surface area contributed by atoms with Crippen molar-refractivity contribution >= 4 is 0 Å². The van der Waals surface area contributed by atoms with Crippen LogP contribution in [0.5, 0.6) is 0 Å². The molecule has 17 heavy (non-hydrogen) atoms. The van der Waals surface area contributed by atoms with Crippen molar-refractivity contribution in [2.45, 2.75) is 51.6 Å². The minimum absolute atomic E-state index is 0.550. The molecule has 0 spiro atoms. The van der Waals surface area contributed by atoms with E-state index in [1.807, 2.05) is 6.33 Å². The van der Waals surface area contributed by atoms with Gasteiger partial charge in [-0.1, -0.05) is 19.8 Å². The van der Waals surface area contributed by atoms with Crippen molar-refractivity contribution in [1.29, 1.82) is 0 Å². The van der Waals surface area contributed by atoms with Gasteiger partial charge in [-0.25, -0.2) is 4.98 Å². The van der Waals surface area contributed by atoms with E-state index in [0.717, 1.165) is 18.4 Å². The first-order chi connectivity index (χ1) is 8.34. The highest BCUT2D eigenvalue weighted by Gasteiger charge is 2.26. The molecule has 0 bridgehead atoms. The van der Waals surface area contributed by atoms with Gasteiger partial charge in [-0.2, -0.15) is 0 Å². The van der Waals surface area contributed by atoms with Crippen LogP contribution in [0.25, 0.3) is 0 Å². The maximum absolute atomic E-state index is 4.36. The second-order valence-corrected chi connectivity index (χ2v) is 5.79. The standard InChI is InChI=1S/C14H23N3/c1-11-4-2-5-12(11)9-17-10-15-8-14(17)13-6-3-7-16-13/h8,10-13,16H,2-7,9H2,1H3/t11?,12?,13-/m0/s1. The van der Waals surface area contributed by atoms with Gasteiger partial charge in [0.1, 0.15) is 0 Å². The molecule has 1 saturated heterocycles. The molecule has 94 valence electrons. The van der Waals surface area contributed by atoms with Gasteiger partial charge in [0, 0.05) is 18.8 Å². The molecule has 1 aromatic rings. The van der Waals surface area contributed by atoms with Gasteiger partial charge in [0.05, 0.1) is 12.0 Å². The molecule has 3 nitrogen and oxygen atoms in total. The number of nitrogens with zero attached hydrogens (tertiary/aromatic N) is 2. The van der Waals surface area contributed by atoms with Crippen molar-refractivity contribution < 1.29 is 0 Å². The fraction of sp³-hybridized carbons (Fsp3) is 0.786. The molecule has 3 rings (SSSR count). The summed E-state index contributed by atoms with van der Waals surface area (Å²) >= 11 is 0. The van der Waals surface area contributed by atoms with E-state index in [0.29, 0.717) is 6.04 Å². The Bertz CT molecular complexity index is 365. The third kappa shape index (κ3) is 2.25. The van der Waals surface area contributed by atoms with Crippen LogP contribution in [0.1, 0.15) is 50.8 Å². The summed E-state index contributed by atoms with van der Waals surface area (Å²) in [6, 6.07) is 0.550. The molecule has 2 unspecified atom stereocenters. The van der Waals surface area contributed by atoms with Gasteiger partial charge in [0.25, 0.3) is 0 Å². The Morgan fingerprint density at radius 1 is 1.35 bits per heavy atom. The Labute approximate surface area is 104 Å². The van der Waals surface area contributed by atoms with Gasteiger partial charge in [-0.05, 0) is 37.6 Å². The molecule has 0 radical (unpaired) electrons. The molecule has 1 aromatic heterocycles. The lowest BCUT2D eigenvalue weighted by molar-refractivity contribution is 0.354. The smallest absolute Gasteiger partial charge is 0.0948 e. The second kappa shape index (κ2) is 4.81.